The zero-order valence-electron chi connectivity index (χ0n) is 20.1. The number of nitrogens with zero attached hydrogens (tertiary/aromatic N) is 4. The zero-order valence-corrected chi connectivity index (χ0v) is 22.6. The normalized spacial score (nSPS) is 11.6. The number of benzene rings is 2. The molecule has 2 aromatic carbocycles. The maximum atomic E-state index is 13.6. The molecule has 0 saturated carbocycles. The fourth-order valence-electron chi connectivity index (χ4n) is 3.66. The molecule has 7 nitrogen and oxygen atoms in total. The maximum Gasteiger partial charge on any atom is 0.260 e. The van der Waals surface area contributed by atoms with Crippen molar-refractivity contribution in [1.82, 2.24) is 14.5 Å². The van der Waals surface area contributed by atoms with Gasteiger partial charge in [-0.3, -0.25) is 9.69 Å². The van der Waals surface area contributed by atoms with Crippen LogP contribution >= 0.6 is 23.7 Å². The van der Waals surface area contributed by atoms with Crippen LogP contribution in [0.5, 0.6) is 0 Å². The van der Waals surface area contributed by atoms with Crippen LogP contribution in [-0.4, -0.2) is 40.7 Å². The first-order valence-electron chi connectivity index (χ1n) is 11.2. The molecule has 35 heavy (non-hydrogen) atoms. The largest absolute Gasteiger partial charge is 0.337 e. The molecule has 0 N–H and O–H groups in total. The standard InChI is InChI=1S/C25H28N4O3S2.ClH/c1-17(2)34(31,32)21-9-7-20(8-10-21)24(30)29(14-5-13-28-15-12-26-16-28)25-27-23-19(4)18(3)6-11-22(23)33-25;/h6-12,15-17H,5,13-14H2,1-4H3;1H. The van der Waals surface area contributed by atoms with Crippen molar-refractivity contribution in [2.24, 2.45) is 0 Å². The van der Waals surface area contributed by atoms with Gasteiger partial charge in [-0.25, -0.2) is 18.4 Å². The molecule has 1 amide bonds. The Balaban J connectivity index is 0.00000342. The Morgan fingerprint density at radius 3 is 2.46 bits per heavy atom. The Hall–Kier alpha value is -2.75. The minimum Gasteiger partial charge on any atom is -0.337 e. The van der Waals surface area contributed by atoms with Gasteiger partial charge in [0.05, 0.1) is 26.7 Å². The summed E-state index contributed by atoms with van der Waals surface area (Å²) in [5.74, 6) is -0.201. The molecule has 0 bridgehead atoms. The molecule has 0 unspecified atom stereocenters. The highest BCUT2D eigenvalue weighted by molar-refractivity contribution is 7.92. The van der Waals surface area contributed by atoms with E-state index in [1.165, 1.54) is 23.5 Å². The van der Waals surface area contributed by atoms with Crippen LogP contribution in [0.1, 0.15) is 41.8 Å². The van der Waals surface area contributed by atoms with Crippen molar-refractivity contribution < 1.29 is 13.2 Å². The minimum atomic E-state index is -3.40. The SMILES string of the molecule is Cc1ccc2sc(N(CCCn3ccnc3)C(=O)c3ccc(S(=O)(=O)C(C)C)cc3)nc2c1C.Cl. The number of hydrogen-bond acceptors (Lipinski definition) is 6. The van der Waals surface area contributed by atoms with E-state index in [2.05, 4.69) is 18.0 Å². The Morgan fingerprint density at radius 1 is 1.11 bits per heavy atom. The molecule has 4 rings (SSSR count). The van der Waals surface area contributed by atoms with E-state index < -0.39 is 15.1 Å². The molecule has 0 spiro atoms. The van der Waals surface area contributed by atoms with E-state index in [-0.39, 0.29) is 23.2 Å². The van der Waals surface area contributed by atoms with Crippen LogP contribution in [0.4, 0.5) is 5.13 Å². The van der Waals surface area contributed by atoms with E-state index in [1.54, 1.807) is 43.4 Å². The van der Waals surface area contributed by atoms with Gasteiger partial charge < -0.3 is 4.57 Å². The molecule has 0 aliphatic rings. The van der Waals surface area contributed by atoms with Gasteiger partial charge in [-0.1, -0.05) is 17.4 Å². The summed E-state index contributed by atoms with van der Waals surface area (Å²) in [5, 5.41) is 0.112. The second kappa shape index (κ2) is 10.9. The molecule has 0 aliphatic heterocycles. The van der Waals surface area contributed by atoms with E-state index >= 15 is 0 Å². The number of carbonyl (C=O) groups is 1. The van der Waals surface area contributed by atoms with Crippen LogP contribution in [-0.2, 0) is 16.4 Å². The lowest BCUT2D eigenvalue weighted by Gasteiger charge is -2.20. The number of sulfone groups is 1. The topological polar surface area (TPSA) is 85.2 Å². The fraction of sp³-hybridized carbons (Fsp3) is 0.320. The number of hydrogen-bond donors (Lipinski definition) is 0. The summed E-state index contributed by atoms with van der Waals surface area (Å²) in [6.45, 7) is 8.58. The lowest BCUT2D eigenvalue weighted by molar-refractivity contribution is 0.0986. The van der Waals surface area contributed by atoms with Gasteiger partial charge >= 0.3 is 0 Å². The Labute approximate surface area is 216 Å². The molecule has 2 heterocycles. The van der Waals surface area contributed by atoms with Gasteiger partial charge in [0.25, 0.3) is 5.91 Å². The van der Waals surface area contributed by atoms with Crippen molar-refractivity contribution in [2.45, 2.75) is 50.8 Å². The third-order valence-corrected chi connectivity index (χ3v) is 9.17. The molecule has 0 atom stereocenters. The molecule has 2 aromatic heterocycles. The van der Waals surface area contributed by atoms with Crippen LogP contribution in [0.15, 0.2) is 60.0 Å². The Morgan fingerprint density at radius 2 is 1.83 bits per heavy atom. The number of rotatable bonds is 8. The Bertz CT molecular complexity index is 1410. The average Bonchev–Trinajstić information content (AvgIpc) is 3.49. The van der Waals surface area contributed by atoms with Crippen LogP contribution in [0.3, 0.4) is 0 Å². The molecule has 0 aliphatic carbocycles. The van der Waals surface area contributed by atoms with E-state index in [9.17, 15) is 13.2 Å². The summed E-state index contributed by atoms with van der Waals surface area (Å²) in [5.41, 5.74) is 3.60. The summed E-state index contributed by atoms with van der Waals surface area (Å²) in [6.07, 6.45) is 6.10. The second-order valence-corrected chi connectivity index (χ2v) is 12.1. The first kappa shape index (κ1) is 26.8. The van der Waals surface area contributed by atoms with E-state index in [0.717, 1.165) is 34.3 Å². The number of aryl methyl sites for hydroxylation is 3. The van der Waals surface area contributed by atoms with E-state index in [1.807, 2.05) is 23.8 Å². The van der Waals surface area contributed by atoms with Crippen molar-refractivity contribution in [2.75, 3.05) is 11.4 Å². The van der Waals surface area contributed by atoms with Gasteiger partial charge in [0.15, 0.2) is 15.0 Å². The molecule has 0 saturated heterocycles. The lowest BCUT2D eigenvalue weighted by atomic mass is 10.1. The second-order valence-electron chi connectivity index (χ2n) is 8.58. The fourth-order valence-corrected chi connectivity index (χ4v) is 5.77. The molecular weight excluding hydrogens is 504 g/mol. The highest BCUT2D eigenvalue weighted by Crippen LogP contribution is 2.33. The van der Waals surface area contributed by atoms with Crippen LogP contribution in [0, 0.1) is 13.8 Å². The smallest absolute Gasteiger partial charge is 0.260 e. The average molecular weight is 533 g/mol. The number of carbonyl (C=O) groups excluding carboxylic acids is 1. The summed E-state index contributed by atoms with van der Waals surface area (Å²) >= 11 is 1.49. The van der Waals surface area contributed by atoms with Crippen LogP contribution in [0.25, 0.3) is 10.2 Å². The zero-order chi connectivity index (χ0) is 24.5. The first-order valence-corrected chi connectivity index (χ1v) is 13.5. The molecule has 10 heteroatoms. The predicted octanol–water partition coefficient (Wildman–Crippen LogP) is 5.45. The van der Waals surface area contributed by atoms with Crippen LogP contribution < -0.4 is 4.90 Å². The number of anilines is 1. The van der Waals surface area contributed by atoms with Gasteiger partial charge in [0, 0.05) is 31.0 Å². The monoisotopic (exact) mass is 532 g/mol. The Kier molecular flexibility index (Phi) is 8.35. The third-order valence-electron chi connectivity index (χ3n) is 5.96. The van der Waals surface area contributed by atoms with Gasteiger partial charge in [-0.05, 0) is 75.6 Å². The number of aromatic nitrogens is 3. The number of thiazole rings is 1. The quantitative estimate of drug-likeness (QED) is 0.301. The highest BCUT2D eigenvalue weighted by Gasteiger charge is 2.24. The highest BCUT2D eigenvalue weighted by atomic mass is 35.5. The third kappa shape index (κ3) is 5.58. The van der Waals surface area contributed by atoms with Gasteiger partial charge in [0.1, 0.15) is 0 Å². The van der Waals surface area contributed by atoms with Gasteiger partial charge in [-0.15, -0.1) is 12.4 Å². The molecule has 186 valence electrons. The summed E-state index contributed by atoms with van der Waals surface area (Å²) < 4.78 is 27.9. The molecule has 4 aromatic rings. The van der Waals surface area contributed by atoms with Crippen molar-refractivity contribution >= 4 is 54.8 Å². The first-order chi connectivity index (χ1) is 16.2. The molecule has 0 fully saturated rings. The van der Waals surface area contributed by atoms with Crippen molar-refractivity contribution in [3.8, 4) is 0 Å². The number of amides is 1. The summed E-state index contributed by atoms with van der Waals surface area (Å²) in [6, 6.07) is 10.3. The van der Waals surface area contributed by atoms with Crippen molar-refractivity contribution in [3.63, 3.8) is 0 Å². The van der Waals surface area contributed by atoms with Gasteiger partial charge in [0.2, 0.25) is 0 Å². The molecule has 0 radical (unpaired) electrons. The number of halogens is 1. The molecular formula is C25H29ClN4O3S2. The predicted molar refractivity (Wildman–Crippen MR) is 144 cm³/mol. The lowest BCUT2D eigenvalue weighted by Crippen LogP contribution is -2.32. The van der Waals surface area contributed by atoms with E-state index in [0.29, 0.717) is 17.2 Å². The van der Waals surface area contributed by atoms with Crippen LogP contribution in [0.2, 0.25) is 0 Å². The van der Waals surface area contributed by atoms with Gasteiger partial charge in [-0.2, -0.15) is 0 Å². The van der Waals surface area contributed by atoms with E-state index in [4.69, 9.17) is 4.98 Å². The maximum absolute atomic E-state index is 13.6. The summed E-state index contributed by atoms with van der Waals surface area (Å²) in [4.78, 5) is 24.4. The minimum absolute atomic E-state index is 0. The number of imidazole rings is 1. The van der Waals surface area contributed by atoms with Crippen molar-refractivity contribution in [1.29, 1.82) is 0 Å². The van der Waals surface area contributed by atoms with Crippen molar-refractivity contribution in [3.05, 3.63) is 71.8 Å². The summed E-state index contributed by atoms with van der Waals surface area (Å²) in [7, 11) is -3.40. The number of fused-ring (bicyclic) bond motifs is 1.